The Morgan fingerprint density at radius 2 is 2.04 bits per heavy atom. The van der Waals surface area contributed by atoms with E-state index in [1.807, 2.05) is 0 Å². The largest absolute Gasteiger partial charge is 0.346 e. The molecule has 1 aliphatic heterocycles. The highest BCUT2D eigenvalue weighted by Crippen LogP contribution is 2.30. The number of nitrogens with zero attached hydrogens (tertiary/aromatic N) is 4. The van der Waals surface area contributed by atoms with Crippen LogP contribution < -0.4 is 5.69 Å². The van der Waals surface area contributed by atoms with Crippen molar-refractivity contribution in [2.24, 2.45) is 5.92 Å². The first kappa shape index (κ1) is 16.5. The van der Waals surface area contributed by atoms with Crippen LogP contribution in [0.3, 0.4) is 0 Å². The summed E-state index contributed by atoms with van der Waals surface area (Å²) in [5.41, 5.74) is 0.310. The molecule has 1 aromatic heterocycles. The molecule has 2 aliphatic rings. The van der Waals surface area contributed by atoms with Gasteiger partial charge in [-0.15, -0.1) is 0 Å². The molecule has 0 bridgehead atoms. The van der Waals surface area contributed by atoms with Gasteiger partial charge >= 0.3 is 5.69 Å². The molecule has 0 unspecified atom stereocenters. The van der Waals surface area contributed by atoms with E-state index in [-0.39, 0.29) is 30.2 Å². The number of rotatable bonds is 4. The van der Waals surface area contributed by atoms with Crippen molar-refractivity contribution in [1.82, 2.24) is 18.7 Å². The number of hydrogen-bond acceptors (Lipinski definition) is 4. The Morgan fingerprint density at radius 1 is 1.28 bits per heavy atom. The Morgan fingerprint density at radius 3 is 2.76 bits per heavy atom. The van der Waals surface area contributed by atoms with Crippen molar-refractivity contribution in [3.05, 3.63) is 45.9 Å². The van der Waals surface area contributed by atoms with Gasteiger partial charge in [0.15, 0.2) is 0 Å². The number of benzene rings is 1. The van der Waals surface area contributed by atoms with E-state index >= 15 is 0 Å². The Labute approximate surface area is 144 Å². The lowest BCUT2D eigenvalue weighted by molar-refractivity contribution is 0.332. The van der Waals surface area contributed by atoms with Crippen LogP contribution in [0, 0.1) is 18.7 Å². The van der Waals surface area contributed by atoms with E-state index in [0.29, 0.717) is 23.9 Å². The normalized spacial score (nSPS) is 18.3. The zero-order valence-corrected chi connectivity index (χ0v) is 14.7. The van der Waals surface area contributed by atoms with E-state index < -0.39 is 15.8 Å². The molecule has 0 saturated heterocycles. The van der Waals surface area contributed by atoms with Gasteiger partial charge in [0.25, 0.3) is 0 Å². The molecule has 0 spiro atoms. The molecule has 0 radical (unpaired) electrons. The van der Waals surface area contributed by atoms with Gasteiger partial charge in [-0.25, -0.2) is 22.3 Å². The molecule has 134 valence electrons. The fourth-order valence-electron chi connectivity index (χ4n) is 3.14. The van der Waals surface area contributed by atoms with E-state index in [9.17, 15) is 17.6 Å². The van der Waals surface area contributed by atoms with Crippen LogP contribution in [-0.2, 0) is 29.7 Å². The molecule has 0 amide bonds. The van der Waals surface area contributed by atoms with Gasteiger partial charge in [-0.1, -0.05) is 6.07 Å². The lowest BCUT2D eigenvalue weighted by Crippen LogP contribution is -2.41. The molecule has 9 heteroatoms. The van der Waals surface area contributed by atoms with Crippen LogP contribution in [0.2, 0.25) is 0 Å². The average molecular weight is 366 g/mol. The molecular weight excluding hydrogens is 347 g/mol. The quantitative estimate of drug-likeness (QED) is 0.812. The van der Waals surface area contributed by atoms with Crippen LogP contribution in [0.15, 0.2) is 27.9 Å². The molecule has 1 saturated carbocycles. The maximum atomic E-state index is 13.5. The van der Waals surface area contributed by atoms with Crippen molar-refractivity contribution >= 4 is 10.0 Å². The van der Waals surface area contributed by atoms with E-state index in [2.05, 4.69) is 5.10 Å². The molecule has 25 heavy (non-hydrogen) atoms. The van der Waals surface area contributed by atoms with Gasteiger partial charge < -0.3 is 0 Å². The molecule has 1 aromatic carbocycles. The molecule has 4 rings (SSSR count). The standard InChI is InChI=1S/C16H19FN4O3S/c1-11-2-5-13(17)8-14(11)25(23,24)19-6-7-20-15(10-19)18-21(16(20)22)9-12-3-4-12/h2,5,8,12H,3-4,6-7,9-10H2,1H3. The second-order valence-electron chi connectivity index (χ2n) is 6.72. The molecule has 2 heterocycles. The minimum absolute atomic E-state index is 0.0190. The number of fused-ring (bicyclic) bond motifs is 1. The number of aromatic nitrogens is 3. The Kier molecular flexibility index (Phi) is 3.80. The van der Waals surface area contributed by atoms with Crippen LogP contribution in [0.4, 0.5) is 4.39 Å². The van der Waals surface area contributed by atoms with Gasteiger partial charge in [-0.3, -0.25) is 4.57 Å². The van der Waals surface area contributed by atoms with Gasteiger partial charge in [0, 0.05) is 19.6 Å². The highest BCUT2D eigenvalue weighted by atomic mass is 32.2. The number of aryl methyl sites for hydroxylation is 1. The first-order valence-corrected chi connectivity index (χ1v) is 9.73. The summed E-state index contributed by atoms with van der Waals surface area (Å²) in [6, 6.07) is 3.73. The van der Waals surface area contributed by atoms with Crippen LogP contribution in [0.25, 0.3) is 0 Å². The average Bonchev–Trinajstić information content (AvgIpc) is 3.34. The van der Waals surface area contributed by atoms with Crippen LogP contribution in [0.1, 0.15) is 24.2 Å². The lowest BCUT2D eigenvalue weighted by atomic mass is 10.2. The number of sulfonamides is 1. The lowest BCUT2D eigenvalue weighted by Gasteiger charge is -2.26. The van der Waals surface area contributed by atoms with Gasteiger partial charge in [0.1, 0.15) is 11.6 Å². The predicted octanol–water partition coefficient (Wildman–Crippen LogP) is 1.11. The van der Waals surface area contributed by atoms with Crippen molar-refractivity contribution in [1.29, 1.82) is 0 Å². The number of hydrogen-bond donors (Lipinski definition) is 0. The minimum Gasteiger partial charge on any atom is -0.276 e. The Bertz CT molecular complexity index is 991. The topological polar surface area (TPSA) is 77.2 Å². The van der Waals surface area contributed by atoms with Crippen molar-refractivity contribution in [3.8, 4) is 0 Å². The highest BCUT2D eigenvalue weighted by molar-refractivity contribution is 7.89. The predicted molar refractivity (Wildman–Crippen MR) is 87.9 cm³/mol. The third kappa shape index (κ3) is 2.91. The molecule has 2 aromatic rings. The van der Waals surface area contributed by atoms with Gasteiger partial charge in [0.05, 0.1) is 11.4 Å². The molecule has 0 atom stereocenters. The maximum Gasteiger partial charge on any atom is 0.346 e. The third-order valence-electron chi connectivity index (χ3n) is 4.79. The fraction of sp³-hybridized carbons (Fsp3) is 0.500. The first-order chi connectivity index (χ1) is 11.9. The summed E-state index contributed by atoms with van der Waals surface area (Å²) in [5.74, 6) is 0.353. The molecule has 7 nitrogen and oxygen atoms in total. The smallest absolute Gasteiger partial charge is 0.276 e. The van der Waals surface area contributed by atoms with Crippen molar-refractivity contribution in [2.45, 2.75) is 44.3 Å². The van der Waals surface area contributed by atoms with Crippen LogP contribution in [-0.4, -0.2) is 33.6 Å². The minimum atomic E-state index is -3.84. The summed E-state index contributed by atoms with van der Waals surface area (Å²) in [7, 11) is -3.84. The van der Waals surface area contributed by atoms with Gasteiger partial charge in [0.2, 0.25) is 10.0 Å². The van der Waals surface area contributed by atoms with E-state index in [4.69, 9.17) is 0 Å². The summed E-state index contributed by atoms with van der Waals surface area (Å²) < 4.78 is 43.5. The van der Waals surface area contributed by atoms with E-state index in [1.54, 1.807) is 6.92 Å². The van der Waals surface area contributed by atoms with Crippen LogP contribution in [0.5, 0.6) is 0 Å². The SMILES string of the molecule is Cc1ccc(F)cc1S(=O)(=O)N1CCn2c(nn(CC3CC3)c2=O)C1. The second kappa shape index (κ2) is 5.77. The van der Waals surface area contributed by atoms with Gasteiger partial charge in [-0.05, 0) is 43.4 Å². The Balaban J connectivity index is 1.65. The summed E-state index contributed by atoms with van der Waals surface area (Å²) in [5, 5.41) is 4.31. The maximum absolute atomic E-state index is 13.5. The van der Waals surface area contributed by atoms with Crippen molar-refractivity contribution in [3.63, 3.8) is 0 Å². The summed E-state index contributed by atoms with van der Waals surface area (Å²) in [6.45, 7) is 2.67. The Hall–Kier alpha value is -2.00. The first-order valence-electron chi connectivity index (χ1n) is 8.29. The summed E-state index contributed by atoms with van der Waals surface area (Å²) >= 11 is 0. The molecule has 0 N–H and O–H groups in total. The van der Waals surface area contributed by atoms with Crippen molar-refractivity contribution < 1.29 is 12.8 Å². The van der Waals surface area contributed by atoms with E-state index in [1.165, 1.54) is 25.7 Å². The molecule has 1 aliphatic carbocycles. The number of halogens is 1. The zero-order chi connectivity index (χ0) is 17.8. The second-order valence-corrected chi connectivity index (χ2v) is 8.63. The summed E-state index contributed by atoms with van der Waals surface area (Å²) in [4.78, 5) is 12.3. The zero-order valence-electron chi connectivity index (χ0n) is 13.9. The van der Waals surface area contributed by atoms with Crippen molar-refractivity contribution in [2.75, 3.05) is 6.54 Å². The van der Waals surface area contributed by atoms with Gasteiger partial charge in [-0.2, -0.15) is 9.40 Å². The fourth-order valence-corrected chi connectivity index (χ4v) is 4.76. The molecular formula is C16H19FN4O3S. The summed E-state index contributed by atoms with van der Waals surface area (Å²) in [6.07, 6.45) is 2.21. The van der Waals surface area contributed by atoms with E-state index in [0.717, 1.165) is 18.9 Å². The highest BCUT2D eigenvalue weighted by Gasteiger charge is 2.33. The monoisotopic (exact) mass is 366 g/mol. The van der Waals surface area contributed by atoms with Crippen LogP contribution >= 0.6 is 0 Å². The molecule has 1 fully saturated rings. The third-order valence-corrected chi connectivity index (χ3v) is 6.77.